The zero-order chi connectivity index (χ0) is 13.1. The number of benzene rings is 2. The molecule has 0 bridgehead atoms. The van der Waals surface area contributed by atoms with Crippen molar-refractivity contribution in [2.75, 3.05) is 0 Å². The Morgan fingerprint density at radius 3 is 2.28 bits per heavy atom. The van der Waals surface area contributed by atoms with Gasteiger partial charge in [0.05, 0.1) is 0 Å². The van der Waals surface area contributed by atoms with Crippen LogP contribution >= 0.6 is 11.6 Å². The van der Waals surface area contributed by atoms with Crippen LogP contribution in [0.2, 0.25) is 5.02 Å². The van der Waals surface area contributed by atoms with Gasteiger partial charge in [0, 0.05) is 10.6 Å². The van der Waals surface area contributed by atoms with Crippen LogP contribution in [-0.4, -0.2) is 5.84 Å². The van der Waals surface area contributed by atoms with E-state index in [9.17, 15) is 0 Å². The zero-order valence-electron chi connectivity index (χ0n) is 9.91. The lowest BCUT2D eigenvalue weighted by molar-refractivity contribution is 0.482. The van der Waals surface area contributed by atoms with Gasteiger partial charge in [-0.05, 0) is 55.0 Å². The highest BCUT2D eigenvalue weighted by atomic mass is 35.5. The summed E-state index contributed by atoms with van der Waals surface area (Å²) in [5.41, 5.74) is 7.02. The molecule has 4 heteroatoms. The summed E-state index contributed by atoms with van der Waals surface area (Å²) in [7, 11) is 0. The van der Waals surface area contributed by atoms with E-state index in [4.69, 9.17) is 27.5 Å². The summed E-state index contributed by atoms with van der Waals surface area (Å²) < 4.78 is 5.68. The molecule has 0 aliphatic heterocycles. The number of halogens is 1. The van der Waals surface area contributed by atoms with E-state index in [1.165, 1.54) is 0 Å². The van der Waals surface area contributed by atoms with Gasteiger partial charge in [0.25, 0.3) is 0 Å². The van der Waals surface area contributed by atoms with E-state index >= 15 is 0 Å². The Bertz CT molecular complexity index is 579. The molecule has 18 heavy (non-hydrogen) atoms. The first-order valence-electron chi connectivity index (χ1n) is 5.45. The molecule has 0 aliphatic rings. The molecule has 0 amide bonds. The van der Waals surface area contributed by atoms with Crippen molar-refractivity contribution in [1.29, 1.82) is 5.41 Å². The first kappa shape index (κ1) is 12.5. The molecule has 2 aromatic carbocycles. The van der Waals surface area contributed by atoms with E-state index in [-0.39, 0.29) is 5.84 Å². The fourth-order valence-corrected chi connectivity index (χ4v) is 1.64. The molecule has 0 saturated carbocycles. The van der Waals surface area contributed by atoms with Gasteiger partial charge in [0.15, 0.2) is 0 Å². The van der Waals surface area contributed by atoms with Crippen molar-refractivity contribution >= 4 is 17.4 Å². The van der Waals surface area contributed by atoms with Gasteiger partial charge >= 0.3 is 0 Å². The Morgan fingerprint density at radius 2 is 1.72 bits per heavy atom. The summed E-state index contributed by atoms with van der Waals surface area (Å²) in [6.45, 7) is 1.92. The second kappa shape index (κ2) is 5.10. The summed E-state index contributed by atoms with van der Waals surface area (Å²) in [5, 5.41) is 8.02. The van der Waals surface area contributed by atoms with Crippen molar-refractivity contribution in [2.45, 2.75) is 6.92 Å². The van der Waals surface area contributed by atoms with Gasteiger partial charge in [-0.15, -0.1) is 0 Å². The predicted octanol–water partition coefficient (Wildman–Crippen LogP) is 3.72. The highest BCUT2D eigenvalue weighted by molar-refractivity contribution is 6.31. The standard InChI is InChI=1S/C14H13ClN2O/c1-9-8-12(6-7-13(9)15)18-11-4-2-10(3-5-11)14(16)17/h2-8H,1H3,(H3,16,17). The minimum Gasteiger partial charge on any atom is -0.457 e. The van der Waals surface area contributed by atoms with Crippen LogP contribution in [0.15, 0.2) is 42.5 Å². The third-order valence-electron chi connectivity index (χ3n) is 2.53. The summed E-state index contributed by atoms with van der Waals surface area (Å²) >= 11 is 5.95. The zero-order valence-corrected chi connectivity index (χ0v) is 10.7. The Morgan fingerprint density at radius 1 is 1.11 bits per heavy atom. The van der Waals surface area contributed by atoms with Crippen molar-refractivity contribution < 1.29 is 4.74 Å². The number of nitrogens with one attached hydrogen (secondary N) is 1. The van der Waals surface area contributed by atoms with Crippen LogP contribution < -0.4 is 10.5 Å². The van der Waals surface area contributed by atoms with Crippen molar-refractivity contribution in [3.05, 3.63) is 58.6 Å². The Labute approximate surface area is 111 Å². The molecule has 3 N–H and O–H groups in total. The van der Waals surface area contributed by atoms with E-state index in [0.29, 0.717) is 16.3 Å². The van der Waals surface area contributed by atoms with Crippen LogP contribution in [0.4, 0.5) is 0 Å². The van der Waals surface area contributed by atoms with Gasteiger partial charge in [-0.3, -0.25) is 5.41 Å². The SMILES string of the molecule is Cc1cc(Oc2ccc(C(=N)N)cc2)ccc1Cl. The van der Waals surface area contributed by atoms with Crippen LogP contribution in [0.5, 0.6) is 11.5 Å². The molecule has 2 rings (SSSR count). The Kier molecular flexibility index (Phi) is 3.53. The summed E-state index contributed by atoms with van der Waals surface area (Å²) in [6, 6.07) is 12.5. The molecule has 0 spiro atoms. The summed E-state index contributed by atoms with van der Waals surface area (Å²) in [6.07, 6.45) is 0. The minimum atomic E-state index is 0.0453. The second-order valence-electron chi connectivity index (χ2n) is 3.95. The lowest BCUT2D eigenvalue weighted by Gasteiger charge is -2.07. The molecular formula is C14H13ClN2O. The van der Waals surface area contributed by atoms with Crippen molar-refractivity contribution in [1.82, 2.24) is 0 Å². The quantitative estimate of drug-likeness (QED) is 0.653. The van der Waals surface area contributed by atoms with E-state index in [1.54, 1.807) is 30.3 Å². The van der Waals surface area contributed by atoms with E-state index < -0.39 is 0 Å². The van der Waals surface area contributed by atoms with E-state index in [0.717, 1.165) is 11.3 Å². The third kappa shape index (κ3) is 2.81. The minimum absolute atomic E-state index is 0.0453. The molecular weight excluding hydrogens is 248 g/mol. The maximum absolute atomic E-state index is 7.30. The normalized spacial score (nSPS) is 10.1. The van der Waals surface area contributed by atoms with Crippen molar-refractivity contribution in [2.24, 2.45) is 5.73 Å². The molecule has 0 saturated heterocycles. The topological polar surface area (TPSA) is 59.1 Å². The Balaban J connectivity index is 2.18. The maximum atomic E-state index is 7.30. The van der Waals surface area contributed by atoms with E-state index in [2.05, 4.69) is 0 Å². The summed E-state index contributed by atoms with van der Waals surface area (Å²) in [4.78, 5) is 0. The first-order chi connectivity index (χ1) is 8.56. The molecule has 3 nitrogen and oxygen atoms in total. The van der Waals surface area contributed by atoms with Crippen LogP contribution in [0.1, 0.15) is 11.1 Å². The van der Waals surface area contributed by atoms with Crippen molar-refractivity contribution in [3.8, 4) is 11.5 Å². The maximum Gasteiger partial charge on any atom is 0.127 e. The molecule has 0 radical (unpaired) electrons. The molecule has 92 valence electrons. The van der Waals surface area contributed by atoms with Gasteiger partial charge in [-0.25, -0.2) is 0 Å². The van der Waals surface area contributed by atoms with Crippen LogP contribution in [0.3, 0.4) is 0 Å². The number of ether oxygens (including phenoxy) is 1. The lowest BCUT2D eigenvalue weighted by Crippen LogP contribution is -2.10. The van der Waals surface area contributed by atoms with Gasteiger partial charge in [-0.1, -0.05) is 11.6 Å². The molecule has 0 unspecified atom stereocenters. The monoisotopic (exact) mass is 260 g/mol. The molecule has 0 heterocycles. The van der Waals surface area contributed by atoms with Gasteiger partial charge in [0.2, 0.25) is 0 Å². The van der Waals surface area contributed by atoms with Crippen LogP contribution in [0.25, 0.3) is 0 Å². The molecule has 0 atom stereocenters. The van der Waals surface area contributed by atoms with Gasteiger partial charge < -0.3 is 10.5 Å². The van der Waals surface area contributed by atoms with Crippen molar-refractivity contribution in [3.63, 3.8) is 0 Å². The number of hydrogen-bond acceptors (Lipinski definition) is 2. The highest BCUT2D eigenvalue weighted by Crippen LogP contribution is 2.25. The number of aryl methyl sites for hydroxylation is 1. The molecule has 0 aromatic heterocycles. The number of rotatable bonds is 3. The fraction of sp³-hybridized carbons (Fsp3) is 0.0714. The fourth-order valence-electron chi connectivity index (χ4n) is 1.52. The lowest BCUT2D eigenvalue weighted by atomic mass is 10.2. The average Bonchev–Trinajstić information content (AvgIpc) is 2.34. The largest absolute Gasteiger partial charge is 0.457 e. The molecule has 2 aromatic rings. The number of nitrogen functional groups attached to an aromatic ring is 1. The van der Waals surface area contributed by atoms with Gasteiger partial charge in [0.1, 0.15) is 17.3 Å². The summed E-state index contributed by atoms with van der Waals surface area (Å²) in [5.74, 6) is 1.47. The van der Waals surface area contributed by atoms with Crippen LogP contribution in [0, 0.1) is 12.3 Å². The number of amidine groups is 1. The smallest absolute Gasteiger partial charge is 0.127 e. The Hall–Kier alpha value is -2.00. The van der Waals surface area contributed by atoms with E-state index in [1.807, 2.05) is 19.1 Å². The number of hydrogen-bond donors (Lipinski definition) is 2. The predicted molar refractivity (Wildman–Crippen MR) is 73.7 cm³/mol. The molecule has 0 fully saturated rings. The third-order valence-corrected chi connectivity index (χ3v) is 2.95. The second-order valence-corrected chi connectivity index (χ2v) is 4.36. The average molecular weight is 261 g/mol. The molecule has 0 aliphatic carbocycles. The highest BCUT2D eigenvalue weighted by Gasteiger charge is 2.01. The number of nitrogens with two attached hydrogens (primary N) is 1. The van der Waals surface area contributed by atoms with Gasteiger partial charge in [-0.2, -0.15) is 0 Å². The first-order valence-corrected chi connectivity index (χ1v) is 5.82. The van der Waals surface area contributed by atoms with Crippen LogP contribution in [-0.2, 0) is 0 Å².